The van der Waals surface area contributed by atoms with Crippen molar-refractivity contribution >= 4 is 58.1 Å². The number of carbonyl (C=O) groups is 2. The van der Waals surface area contributed by atoms with Gasteiger partial charge in [0.1, 0.15) is 11.2 Å². The first-order valence-electron chi connectivity index (χ1n) is 10.5. The van der Waals surface area contributed by atoms with Crippen molar-refractivity contribution in [1.82, 2.24) is 0 Å². The smallest absolute Gasteiger partial charge is 0.412 e. The summed E-state index contributed by atoms with van der Waals surface area (Å²) in [5.74, 6) is 0. The predicted molar refractivity (Wildman–Crippen MR) is 141 cm³/mol. The first-order chi connectivity index (χ1) is 15.4. The minimum Gasteiger partial charge on any atom is -0.444 e. The van der Waals surface area contributed by atoms with Gasteiger partial charge in [0.05, 0.1) is 22.7 Å². The summed E-state index contributed by atoms with van der Waals surface area (Å²) in [6.07, 6.45) is -1.10. The van der Waals surface area contributed by atoms with E-state index in [1.54, 1.807) is 65.8 Å². The van der Waals surface area contributed by atoms with E-state index < -0.39 is 23.4 Å². The van der Waals surface area contributed by atoms with E-state index >= 15 is 0 Å². The second-order valence-electron chi connectivity index (χ2n) is 9.63. The highest BCUT2D eigenvalue weighted by Crippen LogP contribution is 2.28. The minimum atomic E-state index is -0.552. The number of nitrogen functional groups attached to an aromatic ring is 2. The van der Waals surface area contributed by atoms with Crippen molar-refractivity contribution in [3.8, 4) is 0 Å². The Morgan fingerprint density at radius 2 is 1.00 bits per heavy atom. The van der Waals surface area contributed by atoms with E-state index in [2.05, 4.69) is 10.6 Å². The van der Waals surface area contributed by atoms with Crippen molar-refractivity contribution in [2.45, 2.75) is 66.6 Å². The van der Waals surface area contributed by atoms with Gasteiger partial charge in [-0.2, -0.15) is 0 Å². The molecule has 0 bridgehead atoms. The molecule has 0 fully saturated rings. The Labute approximate surface area is 211 Å². The topological polar surface area (TPSA) is 129 Å². The number of ether oxygens (including phenoxy) is 2. The van der Waals surface area contributed by atoms with E-state index in [0.717, 1.165) is 11.1 Å². The Morgan fingerprint density at radius 3 is 1.26 bits per heavy atom. The zero-order valence-electron chi connectivity index (χ0n) is 20.9. The van der Waals surface area contributed by atoms with E-state index in [4.69, 9.17) is 44.1 Å². The van der Waals surface area contributed by atoms with Crippen LogP contribution in [-0.2, 0) is 9.47 Å². The number of anilines is 4. The average molecular weight is 513 g/mol. The molecule has 0 unspecified atom stereocenters. The summed E-state index contributed by atoms with van der Waals surface area (Å²) in [6.45, 7) is 14.4. The van der Waals surface area contributed by atoms with Crippen LogP contribution in [0, 0.1) is 13.8 Å². The van der Waals surface area contributed by atoms with Crippen molar-refractivity contribution in [2.75, 3.05) is 22.1 Å². The Bertz CT molecular complexity index is 961. The molecule has 2 aromatic carbocycles. The summed E-state index contributed by atoms with van der Waals surface area (Å²) in [5, 5.41) is 6.22. The normalized spacial score (nSPS) is 11.1. The number of rotatable bonds is 2. The van der Waals surface area contributed by atoms with Gasteiger partial charge >= 0.3 is 12.2 Å². The number of nitrogens with one attached hydrogen (secondary N) is 2. The van der Waals surface area contributed by atoms with Crippen molar-refractivity contribution in [2.24, 2.45) is 0 Å². The van der Waals surface area contributed by atoms with Crippen molar-refractivity contribution < 1.29 is 19.1 Å². The lowest BCUT2D eigenvalue weighted by Gasteiger charge is -2.20. The highest BCUT2D eigenvalue weighted by molar-refractivity contribution is 6.32. The molecule has 0 aromatic heterocycles. The lowest BCUT2D eigenvalue weighted by molar-refractivity contribution is 0.0624. The first kappa shape index (κ1) is 29.2. The zero-order chi connectivity index (χ0) is 26.4. The molecule has 0 heterocycles. The SMILES string of the molecule is Cc1cc(N)c(NC(=O)OC(C)(C)C)cc1Cl.Cc1cc(N)c(NC(=O)OC(C)(C)C)cc1Cl. The molecule has 2 amide bonds. The maximum Gasteiger partial charge on any atom is 0.412 e. The van der Waals surface area contributed by atoms with Crippen LogP contribution in [0.1, 0.15) is 52.7 Å². The number of hydrogen-bond donors (Lipinski definition) is 4. The standard InChI is InChI=1S/2C12H17ClN2O2/c2*1-7-5-9(14)10(6-8(7)13)15-11(16)17-12(2,3)4/h2*5-6H,14H2,1-4H3,(H,15,16). The fourth-order valence-corrected chi connectivity index (χ4v) is 2.78. The van der Waals surface area contributed by atoms with Crippen LogP contribution >= 0.6 is 23.2 Å². The van der Waals surface area contributed by atoms with Gasteiger partial charge in [0.2, 0.25) is 0 Å². The van der Waals surface area contributed by atoms with Crippen molar-refractivity contribution in [3.63, 3.8) is 0 Å². The molecule has 34 heavy (non-hydrogen) atoms. The highest BCUT2D eigenvalue weighted by Gasteiger charge is 2.18. The third-order valence-electron chi connectivity index (χ3n) is 3.93. The molecule has 0 aliphatic carbocycles. The second-order valence-corrected chi connectivity index (χ2v) is 10.4. The van der Waals surface area contributed by atoms with Crippen LogP contribution in [0.15, 0.2) is 24.3 Å². The highest BCUT2D eigenvalue weighted by atomic mass is 35.5. The minimum absolute atomic E-state index is 0.454. The number of hydrogen-bond acceptors (Lipinski definition) is 6. The Morgan fingerprint density at radius 1 is 0.706 bits per heavy atom. The molecule has 2 aromatic rings. The third-order valence-corrected chi connectivity index (χ3v) is 4.75. The van der Waals surface area contributed by atoms with Crippen LogP contribution in [0.5, 0.6) is 0 Å². The number of halogens is 2. The van der Waals surface area contributed by atoms with Gasteiger partial charge in [0, 0.05) is 10.0 Å². The molecular weight excluding hydrogens is 479 g/mol. The fraction of sp³-hybridized carbons (Fsp3) is 0.417. The number of aryl methyl sites for hydroxylation is 2. The molecule has 6 N–H and O–H groups in total. The lowest BCUT2D eigenvalue weighted by Crippen LogP contribution is -2.27. The number of benzene rings is 2. The molecule has 0 radical (unpaired) electrons. The van der Waals surface area contributed by atoms with Crippen LogP contribution in [0.2, 0.25) is 10.0 Å². The van der Waals surface area contributed by atoms with Gasteiger partial charge in [0.15, 0.2) is 0 Å². The molecule has 188 valence electrons. The summed E-state index contributed by atoms with van der Waals surface area (Å²) in [7, 11) is 0. The molecule has 2 rings (SSSR count). The molecule has 8 nitrogen and oxygen atoms in total. The number of amides is 2. The Balaban J connectivity index is 0.000000340. The maximum atomic E-state index is 11.5. The monoisotopic (exact) mass is 512 g/mol. The third kappa shape index (κ3) is 10.4. The quantitative estimate of drug-likeness (QED) is 0.316. The summed E-state index contributed by atoms with van der Waals surface area (Å²) in [5.41, 5.74) is 14.0. The van der Waals surface area contributed by atoms with Gasteiger partial charge < -0.3 is 20.9 Å². The van der Waals surface area contributed by atoms with E-state index in [1.165, 1.54) is 0 Å². The fourth-order valence-electron chi connectivity index (χ4n) is 2.45. The van der Waals surface area contributed by atoms with Gasteiger partial charge in [-0.1, -0.05) is 23.2 Å². The Hall–Kier alpha value is -2.84. The summed E-state index contributed by atoms with van der Waals surface area (Å²) < 4.78 is 10.2. The zero-order valence-corrected chi connectivity index (χ0v) is 22.4. The van der Waals surface area contributed by atoms with Crippen LogP contribution in [-0.4, -0.2) is 23.4 Å². The first-order valence-corrected chi connectivity index (χ1v) is 11.2. The molecule has 0 saturated heterocycles. The molecule has 0 aliphatic heterocycles. The maximum absolute atomic E-state index is 11.5. The van der Waals surface area contributed by atoms with Gasteiger partial charge in [0.25, 0.3) is 0 Å². The molecule has 10 heteroatoms. The van der Waals surface area contributed by atoms with Crippen molar-refractivity contribution in [3.05, 3.63) is 45.4 Å². The van der Waals surface area contributed by atoms with Crippen LogP contribution in [0.4, 0.5) is 32.3 Å². The van der Waals surface area contributed by atoms with E-state index in [0.29, 0.717) is 32.8 Å². The van der Waals surface area contributed by atoms with E-state index in [9.17, 15) is 9.59 Å². The summed E-state index contributed by atoms with van der Waals surface area (Å²) in [6, 6.07) is 6.62. The number of carbonyl (C=O) groups excluding carboxylic acids is 2. The van der Waals surface area contributed by atoms with Crippen LogP contribution in [0.3, 0.4) is 0 Å². The molecule has 0 atom stereocenters. The summed E-state index contributed by atoms with van der Waals surface area (Å²) >= 11 is 11.9. The van der Waals surface area contributed by atoms with E-state index in [-0.39, 0.29) is 0 Å². The van der Waals surface area contributed by atoms with Gasteiger partial charge in [-0.05, 0) is 90.8 Å². The van der Waals surface area contributed by atoms with Gasteiger partial charge in [-0.25, -0.2) is 9.59 Å². The predicted octanol–water partition coefficient (Wildman–Crippen LogP) is 7.16. The summed E-state index contributed by atoms with van der Waals surface area (Å²) in [4.78, 5) is 23.1. The van der Waals surface area contributed by atoms with E-state index in [1.807, 2.05) is 13.8 Å². The van der Waals surface area contributed by atoms with Gasteiger partial charge in [-0.3, -0.25) is 10.6 Å². The second kappa shape index (κ2) is 11.5. The number of nitrogens with two attached hydrogens (primary N) is 2. The lowest BCUT2D eigenvalue weighted by atomic mass is 10.2. The largest absolute Gasteiger partial charge is 0.444 e. The Kier molecular flexibility index (Phi) is 9.90. The van der Waals surface area contributed by atoms with Crippen molar-refractivity contribution in [1.29, 1.82) is 0 Å². The molecular formula is C24H34Cl2N4O4. The average Bonchev–Trinajstić information content (AvgIpc) is 2.61. The molecule has 0 saturated carbocycles. The molecule has 0 spiro atoms. The van der Waals surface area contributed by atoms with Crippen LogP contribution in [0.25, 0.3) is 0 Å². The molecule has 0 aliphatic rings. The van der Waals surface area contributed by atoms with Gasteiger partial charge in [-0.15, -0.1) is 0 Å². The van der Waals surface area contributed by atoms with Crippen LogP contribution < -0.4 is 22.1 Å².